The summed E-state index contributed by atoms with van der Waals surface area (Å²) in [5.41, 5.74) is 2.49. The largest absolute Gasteiger partial charge is 0.454 e. The van der Waals surface area contributed by atoms with Crippen molar-refractivity contribution in [2.24, 2.45) is 0 Å². The molecule has 0 unspecified atom stereocenters. The standard InChI is InChI=1S/C26H28FN3O4S/c1-19-15-21(27)8-10-26(19)35(31,32)28-17-23(20-7-9-24-25(16-20)34-18-33-24)30-13-11-29(12-14-30)22-5-3-2-4-6-22/h2-10,15-16,23,28H,11-14,17-18H2,1H3/t23-/m1/s1. The highest BCUT2D eigenvalue weighted by atomic mass is 32.2. The minimum Gasteiger partial charge on any atom is -0.454 e. The van der Waals surface area contributed by atoms with Crippen LogP contribution in [0.4, 0.5) is 10.1 Å². The summed E-state index contributed by atoms with van der Waals surface area (Å²) in [5.74, 6) is 0.882. The van der Waals surface area contributed by atoms with Gasteiger partial charge in [0.05, 0.1) is 4.90 Å². The van der Waals surface area contributed by atoms with E-state index in [-0.39, 0.29) is 24.3 Å². The van der Waals surface area contributed by atoms with E-state index in [0.29, 0.717) is 17.1 Å². The molecule has 0 radical (unpaired) electrons. The third kappa shape index (κ3) is 5.12. The minimum atomic E-state index is -3.82. The monoisotopic (exact) mass is 497 g/mol. The fourth-order valence-corrected chi connectivity index (χ4v) is 5.95. The number of aryl methyl sites for hydroxylation is 1. The zero-order chi connectivity index (χ0) is 24.4. The average molecular weight is 498 g/mol. The molecule has 0 aromatic heterocycles. The van der Waals surface area contributed by atoms with Crippen LogP contribution in [0.3, 0.4) is 0 Å². The summed E-state index contributed by atoms with van der Waals surface area (Å²) in [6.07, 6.45) is 0. The van der Waals surface area contributed by atoms with E-state index in [4.69, 9.17) is 9.47 Å². The van der Waals surface area contributed by atoms with E-state index in [9.17, 15) is 12.8 Å². The number of ether oxygens (including phenoxy) is 2. The summed E-state index contributed by atoms with van der Waals surface area (Å²) in [6.45, 7) is 5.13. The van der Waals surface area contributed by atoms with Gasteiger partial charge in [-0.05, 0) is 60.5 Å². The fourth-order valence-electron chi connectivity index (χ4n) is 4.69. The zero-order valence-electron chi connectivity index (χ0n) is 19.5. The molecule has 2 heterocycles. The van der Waals surface area contributed by atoms with Gasteiger partial charge in [-0.2, -0.15) is 0 Å². The highest BCUT2D eigenvalue weighted by Gasteiger charge is 2.29. The maximum absolute atomic E-state index is 13.5. The maximum Gasteiger partial charge on any atom is 0.240 e. The number of nitrogens with one attached hydrogen (secondary N) is 1. The van der Waals surface area contributed by atoms with E-state index in [0.717, 1.165) is 31.7 Å². The lowest BCUT2D eigenvalue weighted by atomic mass is 10.0. The molecule has 5 rings (SSSR count). The number of sulfonamides is 1. The molecule has 0 amide bonds. The normalized spacial score (nSPS) is 16.9. The second kappa shape index (κ2) is 9.85. The number of benzene rings is 3. The van der Waals surface area contributed by atoms with Crippen molar-refractivity contribution in [3.05, 3.63) is 83.7 Å². The van der Waals surface area contributed by atoms with Gasteiger partial charge in [0.2, 0.25) is 16.8 Å². The Morgan fingerprint density at radius 3 is 2.43 bits per heavy atom. The van der Waals surface area contributed by atoms with Crippen molar-refractivity contribution < 1.29 is 22.3 Å². The van der Waals surface area contributed by atoms with Crippen LogP contribution in [-0.2, 0) is 10.0 Å². The first kappa shape index (κ1) is 23.6. The lowest BCUT2D eigenvalue weighted by Gasteiger charge is -2.40. The number of rotatable bonds is 7. The molecule has 2 aliphatic rings. The van der Waals surface area contributed by atoms with Crippen molar-refractivity contribution in [1.82, 2.24) is 9.62 Å². The number of anilines is 1. The van der Waals surface area contributed by atoms with Gasteiger partial charge in [0.1, 0.15) is 5.82 Å². The second-order valence-electron chi connectivity index (χ2n) is 8.75. The third-order valence-electron chi connectivity index (χ3n) is 6.55. The Balaban J connectivity index is 1.37. The average Bonchev–Trinajstić information content (AvgIpc) is 3.33. The third-order valence-corrected chi connectivity index (χ3v) is 8.13. The van der Waals surface area contributed by atoms with Gasteiger partial charge in [0.15, 0.2) is 11.5 Å². The smallest absolute Gasteiger partial charge is 0.240 e. The number of piperazine rings is 1. The van der Waals surface area contributed by atoms with E-state index in [1.807, 2.05) is 36.4 Å². The summed E-state index contributed by atoms with van der Waals surface area (Å²) >= 11 is 0. The Bertz CT molecular complexity index is 1300. The van der Waals surface area contributed by atoms with Crippen molar-refractivity contribution in [2.45, 2.75) is 17.9 Å². The van der Waals surface area contributed by atoms with Gasteiger partial charge in [-0.3, -0.25) is 4.90 Å². The van der Waals surface area contributed by atoms with Gasteiger partial charge < -0.3 is 14.4 Å². The predicted octanol–water partition coefficient (Wildman–Crippen LogP) is 3.70. The molecular formula is C26H28FN3O4S. The molecule has 35 heavy (non-hydrogen) atoms. The molecule has 0 saturated carbocycles. The van der Waals surface area contributed by atoms with Crippen LogP contribution in [0.15, 0.2) is 71.6 Å². The second-order valence-corrected chi connectivity index (χ2v) is 10.5. The number of hydrogen-bond acceptors (Lipinski definition) is 6. The van der Waals surface area contributed by atoms with Crippen molar-refractivity contribution in [2.75, 3.05) is 44.4 Å². The van der Waals surface area contributed by atoms with E-state index in [1.165, 1.54) is 23.9 Å². The first-order valence-corrected chi connectivity index (χ1v) is 13.1. The van der Waals surface area contributed by atoms with Crippen LogP contribution in [0.1, 0.15) is 17.2 Å². The molecule has 7 nitrogen and oxygen atoms in total. The SMILES string of the molecule is Cc1cc(F)ccc1S(=O)(=O)NC[C@H](c1ccc2c(c1)OCO2)N1CCN(c2ccccc2)CC1. The zero-order valence-corrected chi connectivity index (χ0v) is 20.3. The fraction of sp³-hybridized carbons (Fsp3) is 0.308. The molecule has 2 aliphatic heterocycles. The highest BCUT2D eigenvalue weighted by Crippen LogP contribution is 2.36. The van der Waals surface area contributed by atoms with E-state index >= 15 is 0 Å². The summed E-state index contributed by atoms with van der Waals surface area (Å²) in [6, 6.07) is 19.5. The highest BCUT2D eigenvalue weighted by molar-refractivity contribution is 7.89. The van der Waals surface area contributed by atoms with Crippen LogP contribution >= 0.6 is 0 Å². The minimum absolute atomic E-state index is 0.0808. The molecule has 0 spiro atoms. The molecule has 3 aromatic rings. The number of nitrogens with zero attached hydrogens (tertiary/aromatic N) is 2. The Morgan fingerprint density at radius 2 is 1.69 bits per heavy atom. The molecule has 1 N–H and O–H groups in total. The van der Waals surface area contributed by atoms with Crippen molar-refractivity contribution >= 4 is 15.7 Å². The Labute approximate surface area is 205 Å². The molecule has 1 atom stereocenters. The number of hydrogen-bond donors (Lipinski definition) is 1. The van der Waals surface area contributed by atoms with Crippen molar-refractivity contribution in [1.29, 1.82) is 0 Å². The first-order valence-electron chi connectivity index (χ1n) is 11.6. The van der Waals surface area contributed by atoms with Crippen LogP contribution in [-0.4, -0.2) is 52.8 Å². The molecule has 0 aliphatic carbocycles. The van der Waals surface area contributed by atoms with Crippen LogP contribution in [0.25, 0.3) is 0 Å². The summed E-state index contributed by atoms with van der Waals surface area (Å²) in [4.78, 5) is 4.70. The van der Waals surface area contributed by atoms with Crippen molar-refractivity contribution in [3.8, 4) is 11.5 Å². The molecule has 9 heteroatoms. The predicted molar refractivity (Wildman–Crippen MR) is 132 cm³/mol. The molecular weight excluding hydrogens is 469 g/mol. The molecule has 3 aromatic carbocycles. The van der Waals surface area contributed by atoms with Crippen LogP contribution in [0.5, 0.6) is 11.5 Å². The Morgan fingerprint density at radius 1 is 0.943 bits per heavy atom. The number of halogens is 1. The molecule has 0 bridgehead atoms. The summed E-state index contributed by atoms with van der Waals surface area (Å²) < 4.78 is 53.5. The number of fused-ring (bicyclic) bond motifs is 1. The van der Waals surface area contributed by atoms with E-state index in [1.54, 1.807) is 6.92 Å². The summed E-state index contributed by atoms with van der Waals surface area (Å²) in [5, 5.41) is 0. The Kier molecular flexibility index (Phi) is 6.64. The topological polar surface area (TPSA) is 71.1 Å². The van der Waals surface area contributed by atoms with Gasteiger partial charge in [0, 0.05) is 44.5 Å². The van der Waals surface area contributed by atoms with Gasteiger partial charge in [0.25, 0.3) is 0 Å². The Hall–Kier alpha value is -3.14. The quantitative estimate of drug-likeness (QED) is 0.537. The van der Waals surface area contributed by atoms with Crippen LogP contribution in [0, 0.1) is 12.7 Å². The molecule has 1 saturated heterocycles. The van der Waals surface area contributed by atoms with E-state index < -0.39 is 15.8 Å². The first-order chi connectivity index (χ1) is 16.9. The number of para-hydroxylation sites is 1. The molecule has 1 fully saturated rings. The van der Waals surface area contributed by atoms with E-state index in [2.05, 4.69) is 26.7 Å². The van der Waals surface area contributed by atoms with Crippen LogP contribution in [0.2, 0.25) is 0 Å². The van der Waals surface area contributed by atoms with Crippen molar-refractivity contribution in [3.63, 3.8) is 0 Å². The lowest BCUT2D eigenvalue weighted by Crippen LogP contribution is -2.49. The van der Waals surface area contributed by atoms with Gasteiger partial charge in [-0.1, -0.05) is 24.3 Å². The van der Waals surface area contributed by atoms with Gasteiger partial charge in [-0.25, -0.2) is 17.5 Å². The maximum atomic E-state index is 13.5. The molecule has 184 valence electrons. The summed E-state index contributed by atoms with van der Waals surface area (Å²) in [7, 11) is -3.82. The van der Waals surface area contributed by atoms with Gasteiger partial charge in [-0.15, -0.1) is 0 Å². The lowest BCUT2D eigenvalue weighted by molar-refractivity contribution is 0.173. The van der Waals surface area contributed by atoms with Gasteiger partial charge >= 0.3 is 0 Å². The van der Waals surface area contributed by atoms with Crippen LogP contribution < -0.4 is 19.1 Å².